The molecule has 0 aromatic carbocycles. The van der Waals surface area contributed by atoms with Crippen LogP contribution in [0.2, 0.25) is 0 Å². The Morgan fingerprint density at radius 1 is 0.918 bits per heavy atom. The fourth-order valence-corrected chi connectivity index (χ4v) is 6.80. The molecule has 11 heteroatoms. The molecule has 1 N–H and O–H groups in total. The van der Waals surface area contributed by atoms with Gasteiger partial charge in [0.25, 0.3) is 0 Å². The molecule has 0 fully saturated rings. The number of aromatic nitrogens is 2. The lowest BCUT2D eigenvalue weighted by Crippen LogP contribution is -2.31. The fraction of sp³-hybridized carbons (Fsp3) is 0.789. The Hall–Kier alpha value is -2.37. The molecule has 0 aliphatic carbocycles. The monoisotopic (exact) mass is 707 g/mol. The first-order valence-electron chi connectivity index (χ1n) is 19.2. The zero-order valence-corrected chi connectivity index (χ0v) is 31.3. The van der Waals surface area contributed by atoms with Crippen molar-refractivity contribution in [1.29, 1.82) is 0 Å². The Kier molecular flexibility index (Phi) is 26.6. The van der Waals surface area contributed by atoms with Crippen LogP contribution < -0.4 is 4.74 Å². The molecule has 1 aliphatic rings. The summed E-state index contributed by atoms with van der Waals surface area (Å²) in [5.74, 6) is 0.522. The van der Waals surface area contributed by atoms with E-state index in [2.05, 4.69) is 32.6 Å². The van der Waals surface area contributed by atoms with Gasteiger partial charge in [0.1, 0.15) is 18.6 Å². The van der Waals surface area contributed by atoms with E-state index in [-0.39, 0.29) is 12.5 Å². The molecule has 0 bridgehead atoms. The van der Waals surface area contributed by atoms with Crippen molar-refractivity contribution in [3.63, 3.8) is 0 Å². The first-order chi connectivity index (χ1) is 24.1. The zero-order valence-electron chi connectivity index (χ0n) is 30.5. The number of carbonyl (C=O) groups is 1. The molecule has 1 aromatic rings. The second-order valence-corrected chi connectivity index (χ2v) is 14.8. The SMILES string of the molecule is CCCCCCCCCCCCCCCCCCOCC(CS(=O)CCOCCN1C=C[N+](=CCCCCC(=O)O)C1)Oc1ccncn1. The lowest BCUT2D eigenvalue weighted by Gasteiger charge is -2.18. The molecule has 1 aliphatic heterocycles. The third kappa shape index (κ3) is 25.3. The van der Waals surface area contributed by atoms with E-state index in [9.17, 15) is 9.00 Å². The first-order valence-corrected chi connectivity index (χ1v) is 20.7. The highest BCUT2D eigenvalue weighted by molar-refractivity contribution is 7.85. The van der Waals surface area contributed by atoms with Gasteiger partial charge in [0.15, 0.2) is 6.20 Å². The minimum Gasteiger partial charge on any atom is -0.481 e. The fourth-order valence-electron chi connectivity index (χ4n) is 5.75. The van der Waals surface area contributed by atoms with Crippen molar-refractivity contribution in [3.05, 3.63) is 31.0 Å². The maximum atomic E-state index is 12.9. The van der Waals surface area contributed by atoms with Gasteiger partial charge in [-0.1, -0.05) is 103 Å². The molecule has 280 valence electrons. The van der Waals surface area contributed by atoms with E-state index in [1.807, 2.05) is 12.4 Å². The minimum absolute atomic E-state index is 0.223. The molecule has 1 aromatic heterocycles. The summed E-state index contributed by atoms with van der Waals surface area (Å²) in [5, 5.41) is 8.74. The number of aliphatic carboxylic acids is 1. The van der Waals surface area contributed by atoms with Gasteiger partial charge in [-0.3, -0.25) is 9.00 Å². The predicted molar refractivity (Wildman–Crippen MR) is 199 cm³/mol. The van der Waals surface area contributed by atoms with Gasteiger partial charge in [0.2, 0.25) is 12.5 Å². The van der Waals surface area contributed by atoms with E-state index in [0.29, 0.717) is 50.2 Å². The van der Waals surface area contributed by atoms with Crippen LogP contribution in [-0.2, 0) is 25.1 Å². The Morgan fingerprint density at radius 2 is 1.59 bits per heavy atom. The van der Waals surface area contributed by atoms with Gasteiger partial charge < -0.3 is 24.2 Å². The number of nitrogens with zero attached hydrogens (tertiary/aromatic N) is 4. The minimum atomic E-state index is -1.11. The van der Waals surface area contributed by atoms with Gasteiger partial charge >= 0.3 is 5.97 Å². The van der Waals surface area contributed by atoms with E-state index in [1.165, 1.54) is 103 Å². The van der Waals surface area contributed by atoms with Crippen molar-refractivity contribution in [2.45, 2.75) is 141 Å². The van der Waals surface area contributed by atoms with Gasteiger partial charge in [0.05, 0.1) is 31.8 Å². The Bertz CT molecular complexity index is 1030. The second kappa shape index (κ2) is 30.5. The number of carboxylic acids is 1. The number of rotatable bonds is 34. The maximum Gasteiger partial charge on any atom is 0.303 e. The van der Waals surface area contributed by atoms with Gasteiger partial charge in [-0.05, 0) is 19.3 Å². The Labute approximate surface area is 299 Å². The summed E-state index contributed by atoms with van der Waals surface area (Å²) < 4.78 is 32.8. The van der Waals surface area contributed by atoms with Crippen molar-refractivity contribution in [2.75, 3.05) is 51.1 Å². The summed E-state index contributed by atoms with van der Waals surface area (Å²) in [5.41, 5.74) is 0. The van der Waals surface area contributed by atoms with E-state index in [4.69, 9.17) is 19.3 Å². The van der Waals surface area contributed by atoms with Crippen LogP contribution in [0.25, 0.3) is 0 Å². The summed E-state index contributed by atoms with van der Waals surface area (Å²) in [6, 6.07) is 1.71. The molecule has 10 nitrogen and oxygen atoms in total. The lowest BCUT2D eigenvalue weighted by molar-refractivity contribution is -0.460. The summed E-state index contributed by atoms with van der Waals surface area (Å²) in [7, 11) is -1.11. The molecule has 2 heterocycles. The zero-order chi connectivity index (χ0) is 35.0. The summed E-state index contributed by atoms with van der Waals surface area (Å²) in [4.78, 5) is 20.9. The highest BCUT2D eigenvalue weighted by Crippen LogP contribution is 2.14. The summed E-state index contributed by atoms with van der Waals surface area (Å²) >= 11 is 0. The largest absolute Gasteiger partial charge is 0.481 e. The van der Waals surface area contributed by atoms with Crippen LogP contribution >= 0.6 is 0 Å². The maximum absolute atomic E-state index is 12.9. The van der Waals surface area contributed by atoms with Crippen molar-refractivity contribution in [3.8, 4) is 5.88 Å². The molecule has 0 spiro atoms. The molecule has 0 saturated carbocycles. The topological polar surface area (TPSA) is 114 Å². The quantitative estimate of drug-likeness (QED) is 0.0568. The van der Waals surface area contributed by atoms with Crippen LogP contribution in [-0.4, -0.2) is 98.2 Å². The summed E-state index contributed by atoms with van der Waals surface area (Å²) in [6.07, 6.45) is 33.1. The average molecular weight is 708 g/mol. The number of ether oxygens (including phenoxy) is 3. The van der Waals surface area contributed by atoms with Crippen molar-refractivity contribution < 1.29 is 32.9 Å². The molecule has 0 amide bonds. The van der Waals surface area contributed by atoms with Crippen LogP contribution in [0.15, 0.2) is 31.0 Å². The molecular weight excluding hydrogens is 641 g/mol. The van der Waals surface area contributed by atoms with E-state index in [0.717, 1.165) is 32.5 Å². The average Bonchev–Trinajstić information content (AvgIpc) is 3.55. The van der Waals surface area contributed by atoms with E-state index >= 15 is 0 Å². The van der Waals surface area contributed by atoms with Gasteiger partial charge in [0, 0.05) is 54.8 Å². The van der Waals surface area contributed by atoms with Gasteiger partial charge in [-0.25, -0.2) is 9.97 Å². The van der Waals surface area contributed by atoms with Crippen LogP contribution in [0.4, 0.5) is 0 Å². The number of unbranched alkanes of at least 4 members (excludes halogenated alkanes) is 17. The number of hydrogen-bond acceptors (Lipinski definition) is 8. The van der Waals surface area contributed by atoms with Crippen molar-refractivity contribution >= 4 is 23.0 Å². The highest BCUT2D eigenvalue weighted by Gasteiger charge is 2.17. The molecular formula is C38H67N4O6S+. The van der Waals surface area contributed by atoms with Crippen LogP contribution in [0, 0.1) is 0 Å². The number of hydrogen-bond donors (Lipinski definition) is 1. The standard InChI is InChI=1S/C38H66N4O6S/c1-2-3-4-5-6-7-8-9-10-11-12-13-14-15-16-20-28-47-32-36(48-37-22-23-39-34-40-37)33-49(45)31-30-46-29-27-42-26-25-41(35-42)24-19-17-18-21-38(43)44/h22-26,34,36H,2-21,27-33,35H2,1H3/p+1. The normalized spacial score (nSPS) is 14.9. The molecule has 2 rings (SSSR count). The summed E-state index contributed by atoms with van der Waals surface area (Å²) in [6.45, 7) is 5.82. The molecule has 0 saturated heterocycles. The Balaban J connectivity index is 1.49. The smallest absolute Gasteiger partial charge is 0.303 e. The third-order valence-electron chi connectivity index (χ3n) is 8.66. The van der Waals surface area contributed by atoms with Crippen molar-refractivity contribution in [2.24, 2.45) is 0 Å². The predicted octanol–water partition coefficient (Wildman–Crippen LogP) is 7.74. The molecule has 2 unspecified atom stereocenters. The number of carboxylic acid groups (broad SMARTS) is 1. The molecule has 0 radical (unpaired) electrons. The van der Waals surface area contributed by atoms with Crippen LogP contribution in [0.5, 0.6) is 5.88 Å². The van der Waals surface area contributed by atoms with Gasteiger partial charge in [-0.2, -0.15) is 4.58 Å². The van der Waals surface area contributed by atoms with E-state index in [1.54, 1.807) is 12.3 Å². The lowest BCUT2D eigenvalue weighted by atomic mass is 10.0. The van der Waals surface area contributed by atoms with Crippen LogP contribution in [0.1, 0.15) is 135 Å². The molecule has 2 atom stereocenters. The van der Waals surface area contributed by atoms with E-state index < -0.39 is 16.8 Å². The highest BCUT2D eigenvalue weighted by atomic mass is 32.2. The van der Waals surface area contributed by atoms with Crippen molar-refractivity contribution in [1.82, 2.24) is 14.9 Å². The molecule has 49 heavy (non-hydrogen) atoms. The second-order valence-electron chi connectivity index (χ2n) is 13.2. The van der Waals surface area contributed by atoms with Crippen LogP contribution in [0.3, 0.4) is 0 Å². The first kappa shape index (κ1) is 42.8. The third-order valence-corrected chi connectivity index (χ3v) is 10.0. The van der Waals surface area contributed by atoms with Gasteiger partial charge in [-0.15, -0.1) is 0 Å². The Morgan fingerprint density at radius 3 is 2.22 bits per heavy atom.